The maximum Gasteiger partial charge on any atom is 0.0808 e. The van der Waals surface area contributed by atoms with Crippen molar-refractivity contribution in [3.63, 3.8) is 0 Å². The minimum Gasteiger partial charge on any atom is -0.395 e. The third kappa shape index (κ3) is 3.21. The zero-order chi connectivity index (χ0) is 17.8. The zero-order valence-corrected chi connectivity index (χ0v) is 14.7. The number of para-hydroxylation sites is 1. The van der Waals surface area contributed by atoms with Gasteiger partial charge in [-0.1, -0.05) is 54.6 Å². The van der Waals surface area contributed by atoms with Crippen LogP contribution >= 0.6 is 0 Å². The van der Waals surface area contributed by atoms with Crippen LogP contribution in [-0.2, 0) is 0 Å². The van der Waals surface area contributed by atoms with Crippen molar-refractivity contribution in [2.45, 2.75) is 6.42 Å². The standard InChI is InChI=1S/C22H23N3O/c26-15-14-23-12-5-13-24-21-18-8-3-4-9-20(18)25-22-17-7-2-1-6-16(17)10-11-19(21)22/h1-4,6-11,23,26H,5,12-15H2,(H,24,25). The van der Waals surface area contributed by atoms with Gasteiger partial charge in [0, 0.05) is 29.2 Å². The molecule has 0 fully saturated rings. The van der Waals surface area contributed by atoms with Crippen LogP contribution in [0.1, 0.15) is 6.42 Å². The highest BCUT2D eigenvalue weighted by molar-refractivity contribution is 6.15. The van der Waals surface area contributed by atoms with Gasteiger partial charge in [0.05, 0.1) is 23.3 Å². The number of nitrogens with one attached hydrogen (secondary N) is 2. The van der Waals surface area contributed by atoms with Gasteiger partial charge < -0.3 is 15.7 Å². The van der Waals surface area contributed by atoms with Gasteiger partial charge in [0.15, 0.2) is 0 Å². The molecule has 4 heteroatoms. The molecule has 4 rings (SSSR count). The van der Waals surface area contributed by atoms with Gasteiger partial charge >= 0.3 is 0 Å². The molecule has 4 nitrogen and oxygen atoms in total. The molecule has 4 aromatic rings. The SMILES string of the molecule is OCCNCCCNc1c2ccccc2nc2c1ccc1ccccc12. The normalized spacial score (nSPS) is 11.4. The molecule has 132 valence electrons. The van der Waals surface area contributed by atoms with E-state index in [-0.39, 0.29) is 6.61 Å². The lowest BCUT2D eigenvalue weighted by atomic mass is 10.0. The van der Waals surface area contributed by atoms with Crippen LogP contribution in [0.15, 0.2) is 60.7 Å². The number of pyridine rings is 1. The summed E-state index contributed by atoms with van der Waals surface area (Å²) in [6, 6.07) is 21.0. The summed E-state index contributed by atoms with van der Waals surface area (Å²) in [7, 11) is 0. The Balaban J connectivity index is 1.76. The fourth-order valence-corrected chi connectivity index (χ4v) is 3.45. The number of aromatic nitrogens is 1. The largest absolute Gasteiger partial charge is 0.395 e. The van der Waals surface area contributed by atoms with Gasteiger partial charge in [0.2, 0.25) is 0 Å². The summed E-state index contributed by atoms with van der Waals surface area (Å²) in [5, 5.41) is 20.4. The molecular weight excluding hydrogens is 322 g/mol. The summed E-state index contributed by atoms with van der Waals surface area (Å²) in [5.74, 6) is 0. The number of nitrogens with zero attached hydrogens (tertiary/aromatic N) is 1. The van der Waals surface area contributed by atoms with E-state index in [1.165, 1.54) is 10.8 Å². The fraction of sp³-hybridized carbons (Fsp3) is 0.227. The maximum absolute atomic E-state index is 8.84. The number of fused-ring (bicyclic) bond motifs is 4. The maximum atomic E-state index is 8.84. The van der Waals surface area contributed by atoms with Crippen LogP contribution in [-0.4, -0.2) is 36.3 Å². The van der Waals surface area contributed by atoms with E-state index in [0.29, 0.717) is 6.54 Å². The minimum absolute atomic E-state index is 0.181. The first-order chi connectivity index (χ1) is 12.9. The van der Waals surface area contributed by atoms with Crippen molar-refractivity contribution in [1.29, 1.82) is 0 Å². The van der Waals surface area contributed by atoms with E-state index in [0.717, 1.165) is 47.0 Å². The van der Waals surface area contributed by atoms with E-state index in [1.54, 1.807) is 0 Å². The molecule has 1 aromatic heterocycles. The van der Waals surface area contributed by atoms with Crippen molar-refractivity contribution in [1.82, 2.24) is 10.3 Å². The van der Waals surface area contributed by atoms with Crippen molar-refractivity contribution in [2.75, 3.05) is 31.6 Å². The Hall–Kier alpha value is -2.69. The molecule has 0 atom stereocenters. The van der Waals surface area contributed by atoms with E-state index in [1.807, 2.05) is 6.07 Å². The smallest absolute Gasteiger partial charge is 0.0808 e. The summed E-state index contributed by atoms with van der Waals surface area (Å²) in [4.78, 5) is 4.96. The third-order valence-corrected chi connectivity index (χ3v) is 4.70. The number of benzene rings is 3. The van der Waals surface area contributed by atoms with Gasteiger partial charge in [0.1, 0.15) is 0 Å². The molecule has 3 N–H and O–H groups in total. The monoisotopic (exact) mass is 345 g/mol. The average molecular weight is 345 g/mol. The molecular formula is C22H23N3O. The third-order valence-electron chi connectivity index (χ3n) is 4.70. The number of hydrogen-bond donors (Lipinski definition) is 3. The summed E-state index contributed by atoms with van der Waals surface area (Å²) in [6.45, 7) is 2.58. The van der Waals surface area contributed by atoms with Gasteiger partial charge in [-0.25, -0.2) is 4.98 Å². The first-order valence-corrected chi connectivity index (χ1v) is 9.14. The van der Waals surface area contributed by atoms with Crippen LogP contribution < -0.4 is 10.6 Å². The Morgan fingerprint density at radius 3 is 2.46 bits per heavy atom. The van der Waals surface area contributed by atoms with Gasteiger partial charge in [-0.05, 0) is 24.4 Å². The molecule has 0 bridgehead atoms. The number of hydrogen-bond acceptors (Lipinski definition) is 4. The predicted molar refractivity (Wildman–Crippen MR) is 110 cm³/mol. The van der Waals surface area contributed by atoms with Crippen LogP contribution in [0, 0.1) is 0 Å². The van der Waals surface area contributed by atoms with Crippen molar-refractivity contribution >= 4 is 38.3 Å². The van der Waals surface area contributed by atoms with Crippen LogP contribution in [0.2, 0.25) is 0 Å². The molecule has 0 spiro atoms. The molecule has 0 saturated heterocycles. The van der Waals surface area contributed by atoms with E-state index in [4.69, 9.17) is 10.1 Å². The number of aliphatic hydroxyl groups is 1. The summed E-state index contributed by atoms with van der Waals surface area (Å²) in [6.07, 6.45) is 0.992. The van der Waals surface area contributed by atoms with Crippen LogP contribution in [0.3, 0.4) is 0 Å². The summed E-state index contributed by atoms with van der Waals surface area (Å²) in [5.41, 5.74) is 3.21. The highest BCUT2D eigenvalue weighted by Gasteiger charge is 2.10. The van der Waals surface area contributed by atoms with E-state index >= 15 is 0 Å². The molecule has 0 aliphatic heterocycles. The number of aliphatic hydroxyl groups excluding tert-OH is 1. The van der Waals surface area contributed by atoms with Crippen LogP contribution in [0.5, 0.6) is 0 Å². The van der Waals surface area contributed by atoms with Gasteiger partial charge in [-0.2, -0.15) is 0 Å². The lowest BCUT2D eigenvalue weighted by Gasteiger charge is -2.14. The van der Waals surface area contributed by atoms with Crippen molar-refractivity contribution in [3.05, 3.63) is 60.7 Å². The molecule has 0 amide bonds. The van der Waals surface area contributed by atoms with Crippen molar-refractivity contribution in [3.8, 4) is 0 Å². The lowest BCUT2D eigenvalue weighted by molar-refractivity contribution is 0.292. The van der Waals surface area contributed by atoms with Gasteiger partial charge in [0.25, 0.3) is 0 Å². The van der Waals surface area contributed by atoms with E-state index in [2.05, 4.69) is 65.2 Å². The Labute approximate surface area is 152 Å². The molecule has 3 aromatic carbocycles. The first-order valence-electron chi connectivity index (χ1n) is 9.14. The second-order valence-corrected chi connectivity index (χ2v) is 6.44. The molecule has 0 saturated carbocycles. The Morgan fingerprint density at radius 1 is 0.769 bits per heavy atom. The highest BCUT2D eigenvalue weighted by atomic mass is 16.3. The molecule has 0 radical (unpaired) electrons. The van der Waals surface area contributed by atoms with Gasteiger partial charge in [-0.3, -0.25) is 0 Å². The first kappa shape index (κ1) is 16.8. The predicted octanol–water partition coefficient (Wildman–Crippen LogP) is 3.93. The topological polar surface area (TPSA) is 57.2 Å². The fourth-order valence-electron chi connectivity index (χ4n) is 3.45. The quantitative estimate of drug-likeness (QED) is 0.270. The second kappa shape index (κ2) is 7.68. The zero-order valence-electron chi connectivity index (χ0n) is 14.7. The second-order valence-electron chi connectivity index (χ2n) is 6.44. The summed E-state index contributed by atoms with van der Waals surface area (Å²) < 4.78 is 0. The van der Waals surface area contributed by atoms with Crippen LogP contribution in [0.25, 0.3) is 32.6 Å². The lowest BCUT2D eigenvalue weighted by Crippen LogP contribution is -2.21. The molecule has 0 unspecified atom stereocenters. The number of anilines is 1. The minimum atomic E-state index is 0.181. The van der Waals surface area contributed by atoms with Crippen molar-refractivity contribution < 1.29 is 5.11 Å². The molecule has 26 heavy (non-hydrogen) atoms. The molecule has 0 aliphatic carbocycles. The van der Waals surface area contributed by atoms with Gasteiger partial charge in [-0.15, -0.1) is 0 Å². The highest BCUT2D eigenvalue weighted by Crippen LogP contribution is 2.34. The van der Waals surface area contributed by atoms with Crippen LogP contribution in [0.4, 0.5) is 5.69 Å². The van der Waals surface area contributed by atoms with E-state index in [9.17, 15) is 0 Å². The Bertz CT molecular complexity index is 1050. The molecule has 1 heterocycles. The summed E-state index contributed by atoms with van der Waals surface area (Å²) >= 11 is 0. The number of rotatable bonds is 7. The van der Waals surface area contributed by atoms with E-state index < -0.39 is 0 Å². The Kier molecular flexibility index (Phi) is 4.95. The average Bonchev–Trinajstić information content (AvgIpc) is 2.69. The molecule has 0 aliphatic rings. The Morgan fingerprint density at radius 2 is 1.58 bits per heavy atom. The van der Waals surface area contributed by atoms with Crippen molar-refractivity contribution in [2.24, 2.45) is 0 Å².